The molecular weight excluding hydrogens is 698 g/mol. The lowest BCUT2D eigenvalue weighted by atomic mass is 9.82. The molecule has 2 aliphatic carbocycles. The second kappa shape index (κ2) is 17.1. The summed E-state index contributed by atoms with van der Waals surface area (Å²) in [6, 6.07) is 5.29. The number of amides is 4. The molecule has 1 aromatic carbocycles. The molecule has 4 aliphatic rings. The van der Waals surface area contributed by atoms with Gasteiger partial charge in [0.15, 0.2) is 0 Å². The molecule has 5 atom stereocenters. The number of nitrogens with zero attached hydrogens (tertiary/aromatic N) is 1. The van der Waals surface area contributed by atoms with Crippen molar-refractivity contribution >= 4 is 51.2 Å². The van der Waals surface area contributed by atoms with Crippen LogP contribution in [-0.2, 0) is 40.4 Å². The van der Waals surface area contributed by atoms with E-state index in [0.29, 0.717) is 43.5 Å². The molecular formula is C36H52ClN5O8S. The maximum Gasteiger partial charge on any atom is 0.408 e. The summed E-state index contributed by atoms with van der Waals surface area (Å²) in [6.07, 6.45) is 9.71. The van der Waals surface area contributed by atoms with Crippen LogP contribution in [0.5, 0.6) is 0 Å². The summed E-state index contributed by atoms with van der Waals surface area (Å²) in [6.45, 7) is 0.520. The standard InChI is InChI=1S/C36H52ClN5O8S/c1-38-34(46)31(43)28(21-26-22-36(41-32(26)44)14-16-42(17-15-36)51(2,48)49)39-33(45)29(20-23-8-4-3-5-9-23)40-35(47)50-30-13-7-11-25(30)18-24-10-6-12-27(37)19-24/h6,10,12,19,23,25-26,28-30H,3-5,7-9,11,13-18,20-22H2,1-2H3,(H,38,46)(H,39,45)(H,40,47)(H,41,44)/t25?,26?,28?,29-,30?/m0/s1. The van der Waals surface area contributed by atoms with Crippen LogP contribution in [0, 0.1) is 17.8 Å². The maximum atomic E-state index is 14.0. The summed E-state index contributed by atoms with van der Waals surface area (Å²) in [4.78, 5) is 66.5. The monoisotopic (exact) mass is 749 g/mol. The minimum absolute atomic E-state index is 0.105. The third kappa shape index (κ3) is 10.4. The highest BCUT2D eigenvalue weighted by molar-refractivity contribution is 7.88. The van der Waals surface area contributed by atoms with Crippen LogP contribution in [0.2, 0.25) is 5.02 Å². The number of likely N-dealkylation sites (N-methyl/N-ethyl adjacent to an activating group) is 1. The van der Waals surface area contributed by atoms with Crippen molar-refractivity contribution in [3.8, 4) is 0 Å². The first-order chi connectivity index (χ1) is 24.2. The van der Waals surface area contributed by atoms with Crippen molar-refractivity contribution in [2.45, 2.75) is 114 Å². The average molecular weight is 750 g/mol. The van der Waals surface area contributed by atoms with Gasteiger partial charge >= 0.3 is 6.09 Å². The molecule has 5 rings (SSSR count). The summed E-state index contributed by atoms with van der Waals surface area (Å²) in [5.41, 5.74) is 0.429. The van der Waals surface area contributed by atoms with Crippen molar-refractivity contribution < 1.29 is 37.1 Å². The zero-order valence-corrected chi connectivity index (χ0v) is 31.2. The maximum absolute atomic E-state index is 14.0. The van der Waals surface area contributed by atoms with Crippen molar-refractivity contribution in [1.82, 2.24) is 25.6 Å². The molecule has 4 unspecified atom stereocenters. The Kier molecular flexibility index (Phi) is 13.0. The predicted octanol–water partition coefficient (Wildman–Crippen LogP) is 3.24. The first-order valence-electron chi connectivity index (χ1n) is 18.3. The van der Waals surface area contributed by atoms with Gasteiger partial charge in [0.25, 0.3) is 5.91 Å². The van der Waals surface area contributed by atoms with Gasteiger partial charge in [0.05, 0.1) is 12.3 Å². The van der Waals surface area contributed by atoms with Gasteiger partial charge in [-0.2, -0.15) is 0 Å². The van der Waals surface area contributed by atoms with Gasteiger partial charge in [0.1, 0.15) is 12.1 Å². The van der Waals surface area contributed by atoms with Gasteiger partial charge < -0.3 is 26.0 Å². The van der Waals surface area contributed by atoms with Crippen LogP contribution in [-0.4, -0.2) is 92.4 Å². The van der Waals surface area contributed by atoms with E-state index in [-0.39, 0.29) is 43.4 Å². The molecule has 0 bridgehead atoms. The smallest absolute Gasteiger partial charge is 0.408 e. The fourth-order valence-electron chi connectivity index (χ4n) is 8.47. The molecule has 13 nitrogen and oxygen atoms in total. The Morgan fingerprint density at radius 1 is 1.00 bits per heavy atom. The number of sulfonamides is 1. The molecule has 282 valence electrons. The number of carbonyl (C=O) groups is 5. The molecule has 4 fully saturated rings. The van der Waals surface area contributed by atoms with E-state index in [9.17, 15) is 32.4 Å². The van der Waals surface area contributed by atoms with E-state index in [1.807, 2.05) is 24.3 Å². The Morgan fingerprint density at radius 2 is 1.73 bits per heavy atom. The Hall–Kier alpha value is -3.23. The van der Waals surface area contributed by atoms with Crippen LogP contribution >= 0.6 is 11.6 Å². The predicted molar refractivity (Wildman–Crippen MR) is 191 cm³/mol. The Bertz CT molecular complexity index is 1560. The van der Waals surface area contributed by atoms with Gasteiger partial charge in [-0.15, -0.1) is 0 Å². The number of ether oxygens (including phenoxy) is 1. The lowest BCUT2D eigenvalue weighted by molar-refractivity contribution is -0.140. The zero-order chi connectivity index (χ0) is 36.8. The first kappa shape index (κ1) is 39.0. The van der Waals surface area contributed by atoms with E-state index >= 15 is 0 Å². The van der Waals surface area contributed by atoms with Crippen LogP contribution < -0.4 is 21.3 Å². The number of carbonyl (C=O) groups excluding carboxylic acids is 5. The quantitative estimate of drug-likeness (QED) is 0.222. The number of nitrogens with one attached hydrogen (secondary N) is 4. The van der Waals surface area contributed by atoms with Crippen molar-refractivity contribution in [2.75, 3.05) is 26.4 Å². The second-order valence-corrected chi connectivity index (χ2v) is 17.4. The topological polar surface area (TPSA) is 180 Å². The summed E-state index contributed by atoms with van der Waals surface area (Å²) < 4.78 is 31.4. The van der Waals surface area contributed by atoms with Crippen LogP contribution in [0.3, 0.4) is 0 Å². The third-order valence-electron chi connectivity index (χ3n) is 11.3. The number of hydrogen-bond acceptors (Lipinski definition) is 8. The second-order valence-electron chi connectivity index (χ2n) is 15.0. The molecule has 2 saturated heterocycles. The molecule has 15 heteroatoms. The number of hydrogen-bond donors (Lipinski definition) is 4. The summed E-state index contributed by atoms with van der Waals surface area (Å²) in [5, 5.41) is 11.5. The van der Waals surface area contributed by atoms with Crippen molar-refractivity contribution in [3.05, 3.63) is 34.9 Å². The van der Waals surface area contributed by atoms with Gasteiger partial charge in [-0.3, -0.25) is 19.2 Å². The molecule has 0 radical (unpaired) electrons. The zero-order valence-electron chi connectivity index (χ0n) is 29.6. The summed E-state index contributed by atoms with van der Waals surface area (Å²) in [7, 11) is -2.05. The van der Waals surface area contributed by atoms with Gasteiger partial charge in [-0.25, -0.2) is 17.5 Å². The van der Waals surface area contributed by atoms with Crippen LogP contribution in [0.4, 0.5) is 4.79 Å². The average Bonchev–Trinajstić information content (AvgIpc) is 3.65. The minimum Gasteiger partial charge on any atom is -0.446 e. The lowest BCUT2D eigenvalue weighted by Crippen LogP contribution is -2.55. The van der Waals surface area contributed by atoms with E-state index in [1.54, 1.807) is 0 Å². The number of halogens is 1. The SMILES string of the molecule is CNC(=O)C(=O)C(CC1CC2(CCN(S(C)(=O)=O)CC2)NC1=O)NC(=O)[C@H](CC1CCCCC1)NC(=O)OC1CCCC1Cc1cccc(Cl)c1. The number of Topliss-reactive ketones (excluding diaryl/α,β-unsaturated/α-hetero) is 1. The Morgan fingerprint density at radius 3 is 2.39 bits per heavy atom. The molecule has 51 heavy (non-hydrogen) atoms. The number of piperidine rings is 1. The van der Waals surface area contributed by atoms with E-state index in [0.717, 1.165) is 56.8 Å². The Labute approximate surface area is 305 Å². The Balaban J connectivity index is 1.26. The molecule has 1 aromatic rings. The van der Waals surface area contributed by atoms with Gasteiger partial charge in [-0.05, 0) is 81.4 Å². The van der Waals surface area contributed by atoms with Crippen molar-refractivity contribution in [3.63, 3.8) is 0 Å². The van der Waals surface area contributed by atoms with Crippen LogP contribution in [0.15, 0.2) is 24.3 Å². The van der Waals surface area contributed by atoms with Crippen molar-refractivity contribution in [2.24, 2.45) is 17.8 Å². The first-order valence-corrected chi connectivity index (χ1v) is 20.5. The van der Waals surface area contributed by atoms with E-state index in [4.69, 9.17) is 16.3 Å². The normalized spacial score (nSPS) is 25.1. The molecule has 4 amide bonds. The van der Waals surface area contributed by atoms with Crippen LogP contribution in [0.1, 0.15) is 89.0 Å². The van der Waals surface area contributed by atoms with Crippen LogP contribution in [0.25, 0.3) is 0 Å². The largest absolute Gasteiger partial charge is 0.446 e. The number of benzene rings is 1. The van der Waals surface area contributed by atoms with Gasteiger partial charge in [0, 0.05) is 42.5 Å². The number of alkyl carbamates (subject to hydrolysis) is 1. The molecule has 4 N–H and O–H groups in total. The highest BCUT2D eigenvalue weighted by Gasteiger charge is 2.48. The highest BCUT2D eigenvalue weighted by atomic mass is 35.5. The highest BCUT2D eigenvalue weighted by Crippen LogP contribution is 2.37. The molecule has 2 heterocycles. The fourth-order valence-corrected chi connectivity index (χ4v) is 9.53. The van der Waals surface area contributed by atoms with Gasteiger partial charge in [-0.1, -0.05) is 55.8 Å². The number of ketones is 1. The number of rotatable bonds is 13. The van der Waals surface area contributed by atoms with E-state index in [2.05, 4.69) is 21.3 Å². The fraction of sp³-hybridized carbons (Fsp3) is 0.694. The van der Waals surface area contributed by atoms with Crippen molar-refractivity contribution in [1.29, 1.82) is 0 Å². The summed E-state index contributed by atoms with van der Waals surface area (Å²) >= 11 is 6.19. The van der Waals surface area contributed by atoms with Gasteiger partial charge in [0.2, 0.25) is 27.6 Å². The third-order valence-corrected chi connectivity index (χ3v) is 12.8. The molecule has 0 aromatic heterocycles. The molecule has 1 spiro atoms. The minimum atomic E-state index is -3.37. The summed E-state index contributed by atoms with van der Waals surface area (Å²) in [5.74, 6) is -3.12. The van der Waals surface area contributed by atoms with E-state index in [1.165, 1.54) is 11.4 Å². The molecule has 2 aliphatic heterocycles. The lowest BCUT2D eigenvalue weighted by Gasteiger charge is -2.38. The van der Waals surface area contributed by atoms with E-state index < -0.39 is 57.3 Å². The molecule has 2 saturated carbocycles.